The van der Waals surface area contributed by atoms with Gasteiger partial charge < -0.3 is 15.2 Å². The van der Waals surface area contributed by atoms with Gasteiger partial charge in [-0.15, -0.1) is 0 Å². The number of rotatable bonds is 6. The number of halogens is 1. The average Bonchev–Trinajstić information content (AvgIpc) is 2.65. The van der Waals surface area contributed by atoms with Crippen molar-refractivity contribution < 1.29 is 9.84 Å². The third kappa shape index (κ3) is 4.84. The summed E-state index contributed by atoms with van der Waals surface area (Å²) in [5.41, 5.74) is 1.16. The van der Waals surface area contributed by atoms with Crippen molar-refractivity contribution in [3.8, 4) is 11.5 Å². The lowest BCUT2D eigenvalue weighted by atomic mass is 9.93. The molecular weight excluding hydrogens is 392 g/mol. The van der Waals surface area contributed by atoms with Gasteiger partial charge >= 0.3 is 0 Å². The smallest absolute Gasteiger partial charge is 0.145 e. The van der Waals surface area contributed by atoms with Crippen LogP contribution in [-0.2, 0) is 12.0 Å². The Bertz CT molecular complexity index is 725. The topological polar surface area (TPSA) is 54.4 Å². The summed E-state index contributed by atoms with van der Waals surface area (Å²) in [6, 6.07) is 9.74. The average molecular weight is 419 g/mol. The fourth-order valence-corrected chi connectivity index (χ4v) is 3.68. The minimum Gasteiger partial charge on any atom is -0.455 e. The normalized spacial score (nSPS) is 17.7. The molecule has 2 N–H and O–H groups in total. The monoisotopic (exact) mass is 418 g/mol. The number of nitrogens with zero attached hydrogens (tertiary/aromatic N) is 1. The first-order valence-corrected chi connectivity index (χ1v) is 10.1. The third-order valence-electron chi connectivity index (χ3n) is 5.22. The maximum absolute atomic E-state index is 10.4. The first kappa shape index (κ1) is 19.3. The Morgan fingerprint density at radius 1 is 1.27 bits per heavy atom. The molecule has 1 aliphatic heterocycles. The summed E-state index contributed by atoms with van der Waals surface area (Å²) >= 11 is 3.54. The zero-order valence-corrected chi connectivity index (χ0v) is 17.1. The van der Waals surface area contributed by atoms with Gasteiger partial charge in [0.05, 0.1) is 16.3 Å². The molecule has 5 heteroatoms. The number of nitrogens with one attached hydrogen (secondary N) is 1. The molecule has 0 saturated carbocycles. The zero-order chi connectivity index (χ0) is 18.6. The molecule has 2 aromatic rings. The van der Waals surface area contributed by atoms with Gasteiger partial charge in [-0.05, 0) is 97.4 Å². The number of benzene rings is 1. The molecule has 2 heterocycles. The van der Waals surface area contributed by atoms with E-state index < -0.39 is 5.60 Å². The second kappa shape index (κ2) is 8.51. The van der Waals surface area contributed by atoms with Crippen LogP contribution in [0.2, 0.25) is 0 Å². The van der Waals surface area contributed by atoms with E-state index in [0.717, 1.165) is 46.9 Å². The van der Waals surface area contributed by atoms with Crippen LogP contribution in [0.1, 0.15) is 44.4 Å². The molecule has 1 aliphatic rings. The molecule has 1 unspecified atom stereocenters. The van der Waals surface area contributed by atoms with Gasteiger partial charge in [0.15, 0.2) is 0 Å². The van der Waals surface area contributed by atoms with E-state index in [4.69, 9.17) is 4.74 Å². The maximum atomic E-state index is 10.4. The van der Waals surface area contributed by atoms with Crippen LogP contribution in [0, 0.1) is 5.92 Å². The Balaban J connectivity index is 1.65. The van der Waals surface area contributed by atoms with Crippen molar-refractivity contribution in [2.45, 2.75) is 45.1 Å². The van der Waals surface area contributed by atoms with Gasteiger partial charge in [0.25, 0.3) is 0 Å². The highest BCUT2D eigenvalue weighted by atomic mass is 79.9. The predicted molar refractivity (Wildman–Crippen MR) is 108 cm³/mol. The van der Waals surface area contributed by atoms with E-state index in [2.05, 4.69) is 32.3 Å². The van der Waals surface area contributed by atoms with E-state index in [9.17, 15) is 5.11 Å². The molecule has 140 valence electrons. The highest BCUT2D eigenvalue weighted by molar-refractivity contribution is 9.10. The Morgan fingerprint density at radius 2 is 2.04 bits per heavy atom. The summed E-state index contributed by atoms with van der Waals surface area (Å²) in [7, 11) is 0. The Kier molecular flexibility index (Phi) is 6.33. The molecule has 0 amide bonds. The number of piperidine rings is 1. The molecule has 0 aliphatic carbocycles. The summed E-state index contributed by atoms with van der Waals surface area (Å²) < 4.78 is 6.78. The molecule has 0 spiro atoms. The fraction of sp³-hybridized carbons (Fsp3) is 0.476. The van der Waals surface area contributed by atoms with Crippen molar-refractivity contribution in [2.75, 3.05) is 13.1 Å². The first-order chi connectivity index (χ1) is 12.5. The second-order valence-corrected chi connectivity index (χ2v) is 8.11. The molecular formula is C21H27BrN2O2. The SMILES string of the molecule is CCC(C)(O)c1ccc(Oc2ccc(CC3CCNCC3)nc2)c(Br)c1. The molecule has 0 bridgehead atoms. The Morgan fingerprint density at radius 3 is 2.65 bits per heavy atom. The lowest BCUT2D eigenvalue weighted by molar-refractivity contribution is 0.0530. The maximum Gasteiger partial charge on any atom is 0.145 e. The predicted octanol–water partition coefficient (Wildman–Crippen LogP) is 4.80. The largest absolute Gasteiger partial charge is 0.455 e. The van der Waals surface area contributed by atoms with Gasteiger partial charge in [-0.1, -0.05) is 13.0 Å². The van der Waals surface area contributed by atoms with Crippen LogP contribution < -0.4 is 10.1 Å². The number of hydrogen-bond donors (Lipinski definition) is 2. The lowest BCUT2D eigenvalue weighted by Gasteiger charge is -2.23. The van der Waals surface area contributed by atoms with Gasteiger partial charge in [0.2, 0.25) is 0 Å². The summed E-state index contributed by atoms with van der Waals surface area (Å²) in [6.45, 7) is 6.01. The Hall–Kier alpha value is -1.43. The molecule has 1 aromatic carbocycles. The molecule has 3 rings (SSSR count). The van der Waals surface area contributed by atoms with Crippen molar-refractivity contribution >= 4 is 15.9 Å². The second-order valence-electron chi connectivity index (χ2n) is 7.26. The molecule has 26 heavy (non-hydrogen) atoms. The van der Waals surface area contributed by atoms with Crippen molar-refractivity contribution in [1.29, 1.82) is 0 Å². The summed E-state index contributed by atoms with van der Waals surface area (Å²) in [6.07, 6.45) is 5.93. The van der Waals surface area contributed by atoms with Crippen LogP contribution in [0.3, 0.4) is 0 Å². The molecule has 1 atom stereocenters. The van der Waals surface area contributed by atoms with Gasteiger partial charge in [-0.25, -0.2) is 0 Å². The fourth-order valence-electron chi connectivity index (χ4n) is 3.22. The van der Waals surface area contributed by atoms with Crippen LogP contribution in [0.25, 0.3) is 0 Å². The van der Waals surface area contributed by atoms with Crippen molar-refractivity contribution in [3.63, 3.8) is 0 Å². The highest BCUT2D eigenvalue weighted by Gasteiger charge is 2.21. The number of aromatic nitrogens is 1. The summed E-state index contributed by atoms with van der Waals surface area (Å²) in [4.78, 5) is 4.57. The zero-order valence-electron chi connectivity index (χ0n) is 15.5. The van der Waals surface area contributed by atoms with E-state index >= 15 is 0 Å². The van der Waals surface area contributed by atoms with Crippen LogP contribution in [-0.4, -0.2) is 23.2 Å². The van der Waals surface area contributed by atoms with Gasteiger partial charge in [-0.2, -0.15) is 0 Å². The van der Waals surface area contributed by atoms with E-state index in [-0.39, 0.29) is 0 Å². The van der Waals surface area contributed by atoms with Crippen LogP contribution in [0.15, 0.2) is 41.0 Å². The minimum atomic E-state index is -0.834. The van der Waals surface area contributed by atoms with E-state index in [1.165, 1.54) is 12.8 Å². The van der Waals surface area contributed by atoms with Crippen molar-refractivity contribution in [1.82, 2.24) is 10.3 Å². The number of pyridine rings is 1. The molecule has 0 radical (unpaired) electrons. The summed E-state index contributed by atoms with van der Waals surface area (Å²) in [5, 5.41) is 13.8. The quantitative estimate of drug-likeness (QED) is 0.707. The standard InChI is InChI=1S/C21H27BrN2O2/c1-3-21(2,25)16-4-7-20(19(22)13-16)26-18-6-5-17(24-14-18)12-15-8-10-23-11-9-15/h4-7,13-15,23,25H,3,8-12H2,1-2H3. The first-order valence-electron chi connectivity index (χ1n) is 9.34. The number of hydrogen-bond acceptors (Lipinski definition) is 4. The van der Waals surface area contributed by atoms with Crippen LogP contribution >= 0.6 is 15.9 Å². The molecule has 1 fully saturated rings. The van der Waals surface area contributed by atoms with E-state index in [1.54, 1.807) is 6.20 Å². The number of aliphatic hydroxyl groups is 1. The van der Waals surface area contributed by atoms with E-state index in [0.29, 0.717) is 12.2 Å². The molecule has 1 saturated heterocycles. The van der Waals surface area contributed by atoms with Crippen molar-refractivity contribution in [2.24, 2.45) is 5.92 Å². The van der Waals surface area contributed by atoms with Gasteiger partial charge in [0, 0.05) is 5.69 Å². The Labute approximate surface area is 164 Å². The third-order valence-corrected chi connectivity index (χ3v) is 5.84. The molecule has 1 aromatic heterocycles. The van der Waals surface area contributed by atoms with Gasteiger partial charge in [0.1, 0.15) is 11.5 Å². The van der Waals surface area contributed by atoms with Crippen LogP contribution in [0.5, 0.6) is 11.5 Å². The summed E-state index contributed by atoms with van der Waals surface area (Å²) in [5.74, 6) is 2.16. The highest BCUT2D eigenvalue weighted by Crippen LogP contribution is 2.34. The van der Waals surface area contributed by atoms with Crippen LogP contribution in [0.4, 0.5) is 0 Å². The molecule has 4 nitrogen and oxygen atoms in total. The van der Waals surface area contributed by atoms with E-state index in [1.807, 2.05) is 38.1 Å². The minimum absolute atomic E-state index is 0.655. The van der Waals surface area contributed by atoms with Gasteiger partial charge in [-0.3, -0.25) is 4.98 Å². The van der Waals surface area contributed by atoms with Crippen molar-refractivity contribution in [3.05, 3.63) is 52.3 Å². The lowest BCUT2D eigenvalue weighted by Crippen LogP contribution is -2.28. The number of ether oxygens (including phenoxy) is 1.